The van der Waals surface area contributed by atoms with E-state index in [2.05, 4.69) is 24.2 Å². The second-order valence-corrected chi connectivity index (χ2v) is 14.8. The average Bonchev–Trinajstić information content (AvgIpc) is 2.98. The van der Waals surface area contributed by atoms with Gasteiger partial charge in [-0.25, -0.2) is 0 Å². The van der Waals surface area contributed by atoms with Crippen molar-refractivity contribution in [2.75, 3.05) is 19.7 Å². The van der Waals surface area contributed by atoms with Crippen LogP contribution in [0.3, 0.4) is 0 Å². The fourth-order valence-corrected chi connectivity index (χ4v) is 7.33. The Balaban J connectivity index is -0.00000800. The van der Waals surface area contributed by atoms with Gasteiger partial charge in [0.25, 0.3) is 0 Å². The molecule has 0 aliphatic heterocycles. The molecule has 0 unspecified atom stereocenters. The molecule has 0 aromatic rings. The molecule has 0 amide bonds. The van der Waals surface area contributed by atoms with Gasteiger partial charge >= 0.3 is 182 Å². The van der Waals surface area contributed by atoms with Crippen molar-refractivity contribution in [1.82, 2.24) is 3.38 Å². The maximum atomic E-state index is 5.91. The van der Waals surface area contributed by atoms with Gasteiger partial charge in [-0.05, 0) is 0 Å². The van der Waals surface area contributed by atoms with Gasteiger partial charge in [0.15, 0.2) is 0 Å². The van der Waals surface area contributed by atoms with Crippen LogP contribution in [0.25, 0.3) is 0 Å². The summed E-state index contributed by atoms with van der Waals surface area (Å²) in [6.07, 6.45) is 46.5. The molecule has 0 saturated heterocycles. The van der Waals surface area contributed by atoms with Crippen molar-refractivity contribution in [3.63, 3.8) is 0 Å². The summed E-state index contributed by atoms with van der Waals surface area (Å²) in [6, 6.07) is 0. The van der Waals surface area contributed by atoms with Crippen LogP contribution in [-0.4, -0.2) is 23.1 Å². The van der Waals surface area contributed by atoms with Crippen LogP contribution >= 0.6 is 24.8 Å². The van der Waals surface area contributed by atoms with Crippen molar-refractivity contribution < 1.29 is 23.1 Å². The van der Waals surface area contributed by atoms with Crippen LogP contribution in [0.2, 0.25) is 0 Å². The first-order valence-electron chi connectivity index (χ1n) is 19.5. The van der Waals surface area contributed by atoms with E-state index in [0.29, 0.717) is 0 Å². The van der Waals surface area contributed by atoms with E-state index in [9.17, 15) is 0 Å². The first kappa shape index (κ1) is 48.6. The van der Waals surface area contributed by atoms with Gasteiger partial charge in [-0.1, -0.05) is 90.9 Å². The Bertz CT molecular complexity index is 422. The third kappa shape index (κ3) is 43.2. The fraction of sp³-hybridized carbons (Fsp3) is 1.00. The predicted octanol–water partition coefficient (Wildman–Crippen LogP) is 14.6. The molecule has 2 nitrogen and oxygen atoms in total. The van der Waals surface area contributed by atoms with Crippen LogP contribution in [0.1, 0.15) is 226 Å². The summed E-state index contributed by atoms with van der Waals surface area (Å²) in [4.78, 5) is 0. The molecule has 0 radical (unpaired) electrons. The van der Waals surface area contributed by atoms with Crippen molar-refractivity contribution in [3.05, 3.63) is 0 Å². The zero-order valence-corrected chi connectivity index (χ0v) is 33.1. The van der Waals surface area contributed by atoms with Gasteiger partial charge in [-0.3, -0.25) is 0 Å². The van der Waals surface area contributed by atoms with Crippen LogP contribution in [-0.2, 0) is 23.1 Å². The molecule has 43 heavy (non-hydrogen) atoms. The van der Waals surface area contributed by atoms with Gasteiger partial charge in [0.05, 0.1) is 0 Å². The Morgan fingerprint density at radius 3 is 0.744 bits per heavy atom. The van der Waals surface area contributed by atoms with Crippen LogP contribution in [0, 0.1) is 0 Å². The number of nitrogens with zero attached hydrogens (tertiary/aromatic N) is 1. The van der Waals surface area contributed by atoms with Crippen LogP contribution in [0.15, 0.2) is 0 Å². The molecular weight excluding hydrogens is 605 g/mol. The van der Waals surface area contributed by atoms with Crippen molar-refractivity contribution in [2.45, 2.75) is 226 Å². The second kappa shape index (κ2) is 45.3. The third-order valence-corrected chi connectivity index (χ3v) is 10.7. The summed E-state index contributed by atoms with van der Waals surface area (Å²) in [5.41, 5.74) is 0. The van der Waals surface area contributed by atoms with Crippen molar-refractivity contribution >= 4 is 24.8 Å². The molecule has 0 fully saturated rings. The SMILES string of the molecule is CCCCCCCCCCCCCCCCCC[N](CCCCCCCCCCCCCCCCCC)[Ti][O]CC.Cl.Cl. The normalized spacial score (nSPS) is 11.1. The molecular formula is C38H81Cl2NOTi. The van der Waals surface area contributed by atoms with Crippen LogP contribution < -0.4 is 0 Å². The number of unbranched alkanes of at least 4 members (excludes halogenated alkanes) is 30. The van der Waals surface area contributed by atoms with Crippen molar-refractivity contribution in [2.24, 2.45) is 0 Å². The van der Waals surface area contributed by atoms with E-state index in [4.69, 9.17) is 3.32 Å². The molecule has 0 aromatic carbocycles. The predicted molar refractivity (Wildman–Crippen MR) is 197 cm³/mol. The molecule has 0 N–H and O–H groups in total. The Hall–Kier alpha value is 1.21. The zero-order chi connectivity index (χ0) is 29.7. The van der Waals surface area contributed by atoms with Crippen LogP contribution in [0.4, 0.5) is 0 Å². The minimum Gasteiger partial charge on any atom is -0.147 e. The van der Waals surface area contributed by atoms with Gasteiger partial charge in [0, 0.05) is 0 Å². The van der Waals surface area contributed by atoms with E-state index in [1.165, 1.54) is 219 Å². The summed E-state index contributed by atoms with van der Waals surface area (Å²) in [5.74, 6) is 0. The minimum absolute atomic E-state index is 0. The third-order valence-electron chi connectivity index (χ3n) is 8.90. The molecule has 0 spiro atoms. The number of halogens is 2. The molecule has 0 aliphatic rings. The largest absolute Gasteiger partial charge is 0.147 e. The molecule has 0 atom stereocenters. The Kier molecular flexibility index (Phi) is 51.3. The van der Waals surface area contributed by atoms with E-state index >= 15 is 0 Å². The Labute approximate surface area is 295 Å². The Morgan fingerprint density at radius 2 is 0.535 bits per heavy atom. The van der Waals surface area contributed by atoms with E-state index in [-0.39, 0.29) is 44.6 Å². The van der Waals surface area contributed by atoms with E-state index < -0.39 is 0 Å². The van der Waals surface area contributed by atoms with Crippen molar-refractivity contribution in [1.29, 1.82) is 0 Å². The number of hydrogen-bond acceptors (Lipinski definition) is 2. The fourth-order valence-electron chi connectivity index (χ4n) is 6.06. The quantitative estimate of drug-likeness (QED) is 0.0476. The monoisotopic (exact) mass is 686 g/mol. The Morgan fingerprint density at radius 1 is 0.326 bits per heavy atom. The van der Waals surface area contributed by atoms with E-state index in [1.54, 1.807) is 0 Å². The molecule has 0 aromatic heterocycles. The first-order chi connectivity index (χ1) is 20.3. The minimum atomic E-state index is -0.342. The topological polar surface area (TPSA) is 12.5 Å². The second-order valence-electron chi connectivity index (χ2n) is 13.1. The maximum Gasteiger partial charge on any atom is -0.147 e. The van der Waals surface area contributed by atoms with Gasteiger partial charge in [-0.2, -0.15) is 0 Å². The smallest absolute Gasteiger partial charge is 0.147 e. The van der Waals surface area contributed by atoms with E-state index in [1.807, 2.05) is 0 Å². The van der Waals surface area contributed by atoms with Gasteiger partial charge in [0.2, 0.25) is 0 Å². The van der Waals surface area contributed by atoms with Crippen molar-refractivity contribution in [3.8, 4) is 0 Å². The zero-order valence-electron chi connectivity index (χ0n) is 29.9. The van der Waals surface area contributed by atoms with Gasteiger partial charge in [-0.15, -0.1) is 24.8 Å². The average molecular weight is 687 g/mol. The molecule has 0 aliphatic carbocycles. The molecule has 0 saturated carbocycles. The summed E-state index contributed by atoms with van der Waals surface area (Å²) in [7, 11) is 0. The molecule has 0 rings (SSSR count). The summed E-state index contributed by atoms with van der Waals surface area (Å²) >= 11 is -0.342. The summed E-state index contributed by atoms with van der Waals surface area (Å²) < 4.78 is 8.61. The molecule has 0 bridgehead atoms. The standard InChI is InChI=1S/C36H74N.C2H5O.2ClH.Ti/c1-3-5-7-9-11-13-15-17-19-21-23-25-27-29-31-33-35-37-36-34-32-30-28-26-24-22-20-18-16-14-12-10-8-6-4-2;1-2-3;;;/h3-36H2,1-2H3;2H2,1H3;2*1H;/q2*-1;;;+2. The summed E-state index contributed by atoms with van der Waals surface area (Å²) in [6.45, 7) is 10.2. The maximum absolute atomic E-state index is 5.91. The number of hydrogen-bond donors (Lipinski definition) is 0. The first-order valence-corrected chi connectivity index (χ1v) is 20.8. The summed E-state index contributed by atoms with van der Waals surface area (Å²) in [5, 5.41) is 0. The molecule has 262 valence electrons. The van der Waals surface area contributed by atoms with Gasteiger partial charge < -0.3 is 0 Å². The van der Waals surface area contributed by atoms with Crippen LogP contribution in [0.5, 0.6) is 0 Å². The van der Waals surface area contributed by atoms with Gasteiger partial charge in [0.1, 0.15) is 0 Å². The van der Waals surface area contributed by atoms with E-state index in [0.717, 1.165) is 6.61 Å². The number of rotatable bonds is 37. The molecule has 0 heterocycles. The molecule has 5 heteroatoms.